The van der Waals surface area contributed by atoms with E-state index in [1.807, 2.05) is 50.2 Å². The Balaban J connectivity index is 2.08. The summed E-state index contributed by atoms with van der Waals surface area (Å²) in [6, 6.07) is 14.9. The van der Waals surface area contributed by atoms with E-state index in [1.54, 1.807) is 24.0 Å². The predicted molar refractivity (Wildman–Crippen MR) is 103 cm³/mol. The van der Waals surface area contributed by atoms with Crippen LogP contribution in [-0.4, -0.2) is 32.3 Å². The SMILES string of the molecule is CC(=O)N(CCNS(=O)(=O)c1cc(C)ccc1C)C(C)c1ccccc1. The summed E-state index contributed by atoms with van der Waals surface area (Å²) in [6.45, 7) is 7.53. The number of nitrogens with one attached hydrogen (secondary N) is 1. The van der Waals surface area contributed by atoms with Crippen LogP contribution in [0.5, 0.6) is 0 Å². The van der Waals surface area contributed by atoms with E-state index in [9.17, 15) is 13.2 Å². The van der Waals surface area contributed by atoms with Crippen LogP contribution in [0.1, 0.15) is 36.6 Å². The predicted octanol–water partition coefficient (Wildman–Crippen LogP) is 3.19. The van der Waals surface area contributed by atoms with E-state index in [4.69, 9.17) is 0 Å². The minimum absolute atomic E-state index is 0.0905. The Kier molecular flexibility index (Phi) is 6.56. The minimum atomic E-state index is -3.61. The van der Waals surface area contributed by atoms with Crippen LogP contribution in [0.25, 0.3) is 0 Å². The van der Waals surface area contributed by atoms with Crippen molar-refractivity contribution in [3.63, 3.8) is 0 Å². The van der Waals surface area contributed by atoms with Crippen LogP contribution in [0, 0.1) is 13.8 Å². The average molecular weight is 375 g/mol. The zero-order valence-corrected chi connectivity index (χ0v) is 16.5. The fourth-order valence-electron chi connectivity index (χ4n) is 2.91. The van der Waals surface area contributed by atoms with E-state index in [2.05, 4.69) is 4.72 Å². The molecular weight excluding hydrogens is 348 g/mol. The fourth-order valence-corrected chi connectivity index (χ4v) is 4.26. The van der Waals surface area contributed by atoms with Crippen molar-refractivity contribution in [1.29, 1.82) is 0 Å². The number of hydrogen-bond acceptors (Lipinski definition) is 3. The van der Waals surface area contributed by atoms with E-state index in [0.717, 1.165) is 11.1 Å². The summed E-state index contributed by atoms with van der Waals surface area (Å²) in [5.41, 5.74) is 2.60. The lowest BCUT2D eigenvalue weighted by Gasteiger charge is -2.28. The highest BCUT2D eigenvalue weighted by molar-refractivity contribution is 7.89. The van der Waals surface area contributed by atoms with Crippen molar-refractivity contribution < 1.29 is 13.2 Å². The van der Waals surface area contributed by atoms with Crippen LogP contribution in [0.15, 0.2) is 53.4 Å². The maximum Gasteiger partial charge on any atom is 0.240 e. The quantitative estimate of drug-likeness (QED) is 0.809. The van der Waals surface area contributed by atoms with Crippen molar-refractivity contribution in [3.8, 4) is 0 Å². The van der Waals surface area contributed by atoms with Gasteiger partial charge >= 0.3 is 0 Å². The lowest BCUT2D eigenvalue weighted by molar-refractivity contribution is -0.130. The van der Waals surface area contributed by atoms with E-state index >= 15 is 0 Å². The van der Waals surface area contributed by atoms with Crippen LogP contribution in [0.4, 0.5) is 0 Å². The Hall–Kier alpha value is -2.18. The van der Waals surface area contributed by atoms with Crippen molar-refractivity contribution in [2.75, 3.05) is 13.1 Å². The second-order valence-corrected chi connectivity index (χ2v) is 8.20. The fraction of sp³-hybridized carbons (Fsp3) is 0.350. The summed E-state index contributed by atoms with van der Waals surface area (Å²) < 4.78 is 27.8. The zero-order chi connectivity index (χ0) is 19.3. The second-order valence-electron chi connectivity index (χ2n) is 6.47. The molecule has 2 rings (SSSR count). The Morgan fingerprint density at radius 2 is 1.77 bits per heavy atom. The van der Waals surface area contributed by atoms with Gasteiger partial charge in [-0.25, -0.2) is 13.1 Å². The van der Waals surface area contributed by atoms with Crippen LogP contribution in [0.3, 0.4) is 0 Å². The second kappa shape index (κ2) is 8.47. The monoisotopic (exact) mass is 374 g/mol. The number of carbonyl (C=O) groups excluding carboxylic acids is 1. The molecule has 0 aliphatic heterocycles. The van der Waals surface area contributed by atoms with Gasteiger partial charge in [-0.15, -0.1) is 0 Å². The maximum absolute atomic E-state index is 12.6. The van der Waals surface area contributed by atoms with Gasteiger partial charge in [0.15, 0.2) is 0 Å². The van der Waals surface area contributed by atoms with Gasteiger partial charge in [-0.1, -0.05) is 42.5 Å². The molecule has 6 heteroatoms. The Morgan fingerprint density at radius 1 is 1.12 bits per heavy atom. The molecule has 0 radical (unpaired) electrons. The van der Waals surface area contributed by atoms with Gasteiger partial charge in [-0.2, -0.15) is 0 Å². The number of carbonyl (C=O) groups is 1. The molecule has 0 spiro atoms. The lowest BCUT2D eigenvalue weighted by Crippen LogP contribution is -2.39. The molecule has 1 amide bonds. The van der Waals surface area contributed by atoms with E-state index < -0.39 is 10.0 Å². The molecule has 0 aliphatic carbocycles. The molecule has 26 heavy (non-hydrogen) atoms. The standard InChI is InChI=1S/C20H26N2O3S/c1-15-10-11-16(2)20(14-15)26(24,25)21-12-13-22(18(4)23)17(3)19-8-6-5-7-9-19/h5-11,14,17,21H,12-13H2,1-4H3. The summed E-state index contributed by atoms with van der Waals surface area (Å²) in [4.78, 5) is 14.0. The Morgan fingerprint density at radius 3 is 2.38 bits per heavy atom. The maximum atomic E-state index is 12.6. The molecule has 0 aromatic heterocycles. The molecule has 1 atom stereocenters. The molecular formula is C20H26N2O3S. The van der Waals surface area contributed by atoms with Gasteiger partial charge in [0.2, 0.25) is 15.9 Å². The largest absolute Gasteiger partial charge is 0.335 e. The number of amides is 1. The normalized spacial score (nSPS) is 12.6. The Labute approximate surface area is 156 Å². The minimum Gasteiger partial charge on any atom is -0.335 e. The van der Waals surface area contributed by atoms with Crippen molar-refractivity contribution in [3.05, 3.63) is 65.2 Å². The van der Waals surface area contributed by atoms with Crippen molar-refractivity contribution in [2.24, 2.45) is 0 Å². The molecule has 2 aromatic rings. The molecule has 2 aromatic carbocycles. The van der Waals surface area contributed by atoms with E-state index in [0.29, 0.717) is 12.1 Å². The first-order chi connectivity index (χ1) is 12.2. The van der Waals surface area contributed by atoms with Crippen LogP contribution >= 0.6 is 0 Å². The van der Waals surface area contributed by atoms with Gasteiger partial charge in [-0.05, 0) is 43.5 Å². The van der Waals surface area contributed by atoms with Gasteiger partial charge < -0.3 is 4.90 Å². The number of benzene rings is 2. The number of aryl methyl sites for hydroxylation is 2. The first-order valence-electron chi connectivity index (χ1n) is 8.61. The topological polar surface area (TPSA) is 66.5 Å². The molecule has 140 valence electrons. The lowest BCUT2D eigenvalue weighted by atomic mass is 10.1. The molecule has 0 fully saturated rings. The molecule has 0 heterocycles. The third-order valence-electron chi connectivity index (χ3n) is 4.43. The van der Waals surface area contributed by atoms with E-state index in [1.165, 1.54) is 6.92 Å². The Bertz CT molecular complexity index is 864. The summed E-state index contributed by atoms with van der Waals surface area (Å²) in [5.74, 6) is -0.0905. The van der Waals surface area contributed by atoms with Crippen molar-refractivity contribution in [1.82, 2.24) is 9.62 Å². The van der Waals surface area contributed by atoms with Crippen molar-refractivity contribution in [2.45, 2.75) is 38.6 Å². The molecule has 0 bridgehead atoms. The van der Waals surface area contributed by atoms with Gasteiger partial charge in [0.25, 0.3) is 0 Å². The number of rotatable bonds is 7. The number of hydrogen-bond donors (Lipinski definition) is 1. The van der Waals surface area contributed by atoms with E-state index in [-0.39, 0.29) is 23.4 Å². The van der Waals surface area contributed by atoms with Crippen LogP contribution in [0.2, 0.25) is 0 Å². The highest BCUT2D eigenvalue weighted by Crippen LogP contribution is 2.20. The van der Waals surface area contributed by atoms with Gasteiger partial charge in [0.1, 0.15) is 0 Å². The highest BCUT2D eigenvalue weighted by Gasteiger charge is 2.20. The third-order valence-corrected chi connectivity index (χ3v) is 6.03. The van der Waals surface area contributed by atoms with Crippen molar-refractivity contribution >= 4 is 15.9 Å². The summed E-state index contributed by atoms with van der Waals surface area (Å²) in [6.07, 6.45) is 0. The number of nitrogens with zero attached hydrogens (tertiary/aromatic N) is 1. The summed E-state index contributed by atoms with van der Waals surface area (Å²) >= 11 is 0. The molecule has 0 saturated heterocycles. The van der Waals surface area contributed by atoms with Crippen LogP contribution < -0.4 is 4.72 Å². The van der Waals surface area contributed by atoms with Crippen LogP contribution in [-0.2, 0) is 14.8 Å². The molecule has 5 nitrogen and oxygen atoms in total. The molecule has 1 N–H and O–H groups in total. The first-order valence-corrected chi connectivity index (χ1v) is 10.1. The average Bonchev–Trinajstić information content (AvgIpc) is 2.60. The van der Waals surface area contributed by atoms with Gasteiger partial charge in [0, 0.05) is 20.0 Å². The summed E-state index contributed by atoms with van der Waals surface area (Å²) in [7, 11) is -3.61. The first kappa shape index (κ1) is 20.1. The summed E-state index contributed by atoms with van der Waals surface area (Å²) in [5, 5.41) is 0. The zero-order valence-electron chi connectivity index (χ0n) is 15.7. The molecule has 0 aliphatic rings. The van der Waals surface area contributed by atoms with Gasteiger partial charge in [-0.3, -0.25) is 4.79 Å². The molecule has 1 unspecified atom stereocenters. The highest BCUT2D eigenvalue weighted by atomic mass is 32.2. The molecule has 0 saturated carbocycles. The third kappa shape index (κ3) is 4.93. The van der Waals surface area contributed by atoms with Gasteiger partial charge in [0.05, 0.1) is 10.9 Å². The smallest absolute Gasteiger partial charge is 0.240 e. The number of sulfonamides is 1.